The van der Waals surface area contributed by atoms with E-state index in [1.54, 1.807) is 6.92 Å². The lowest BCUT2D eigenvalue weighted by Crippen LogP contribution is -2.22. The standard InChI is InChI=1S/C9H9Cl2F3N2/c1-2-5-6(10)3-7(11)16-8(5)15-4-9(12,13)14/h3H,2,4H2,1H3,(H,15,16). The number of nitrogens with zero attached hydrogens (tertiary/aromatic N) is 1. The quantitative estimate of drug-likeness (QED) is 0.844. The SMILES string of the molecule is CCc1c(Cl)cc(Cl)nc1NCC(F)(F)F. The molecule has 0 unspecified atom stereocenters. The Labute approximate surface area is 101 Å². The summed E-state index contributed by atoms with van der Waals surface area (Å²) in [5, 5.41) is 2.55. The molecule has 0 aromatic carbocycles. The van der Waals surface area contributed by atoms with Crippen molar-refractivity contribution >= 4 is 29.0 Å². The van der Waals surface area contributed by atoms with Gasteiger partial charge < -0.3 is 5.32 Å². The highest BCUT2D eigenvalue weighted by atomic mass is 35.5. The first-order chi connectivity index (χ1) is 7.33. The van der Waals surface area contributed by atoms with Crippen LogP contribution in [-0.2, 0) is 6.42 Å². The van der Waals surface area contributed by atoms with Crippen molar-refractivity contribution in [1.29, 1.82) is 0 Å². The summed E-state index contributed by atoms with van der Waals surface area (Å²) in [4.78, 5) is 3.78. The summed E-state index contributed by atoms with van der Waals surface area (Å²) in [7, 11) is 0. The minimum Gasteiger partial charge on any atom is -0.361 e. The number of rotatable bonds is 3. The highest BCUT2D eigenvalue weighted by Crippen LogP contribution is 2.27. The number of halogens is 5. The van der Waals surface area contributed by atoms with Crippen molar-refractivity contribution in [3.63, 3.8) is 0 Å². The van der Waals surface area contributed by atoms with Gasteiger partial charge in [-0.3, -0.25) is 0 Å². The van der Waals surface area contributed by atoms with Crippen LogP contribution in [0.5, 0.6) is 0 Å². The molecule has 0 saturated heterocycles. The Morgan fingerprint density at radius 3 is 2.50 bits per heavy atom. The van der Waals surface area contributed by atoms with E-state index in [1.807, 2.05) is 0 Å². The smallest absolute Gasteiger partial charge is 0.361 e. The minimum atomic E-state index is -4.30. The first-order valence-corrected chi connectivity index (χ1v) is 5.24. The third-order valence-electron chi connectivity index (χ3n) is 1.85. The molecule has 1 rings (SSSR count). The Morgan fingerprint density at radius 2 is 2.00 bits per heavy atom. The number of nitrogens with one attached hydrogen (secondary N) is 1. The predicted octanol–water partition coefficient (Wildman–Crippen LogP) is 3.93. The van der Waals surface area contributed by atoms with Crippen molar-refractivity contribution in [2.45, 2.75) is 19.5 Å². The van der Waals surface area contributed by atoms with Gasteiger partial charge in [-0.15, -0.1) is 0 Å². The van der Waals surface area contributed by atoms with Gasteiger partial charge in [0.1, 0.15) is 17.5 Å². The molecule has 1 aromatic heterocycles. The zero-order valence-electron chi connectivity index (χ0n) is 8.33. The molecule has 90 valence electrons. The zero-order valence-corrected chi connectivity index (χ0v) is 9.84. The molecule has 0 radical (unpaired) electrons. The van der Waals surface area contributed by atoms with Gasteiger partial charge in [-0.1, -0.05) is 30.1 Å². The van der Waals surface area contributed by atoms with E-state index in [0.29, 0.717) is 17.0 Å². The Kier molecular flexibility index (Phi) is 4.27. The fraction of sp³-hybridized carbons (Fsp3) is 0.444. The maximum Gasteiger partial charge on any atom is 0.405 e. The van der Waals surface area contributed by atoms with Gasteiger partial charge in [0.25, 0.3) is 0 Å². The normalized spacial score (nSPS) is 11.6. The van der Waals surface area contributed by atoms with Gasteiger partial charge in [-0.2, -0.15) is 13.2 Å². The van der Waals surface area contributed by atoms with Crippen LogP contribution in [0.15, 0.2) is 6.07 Å². The van der Waals surface area contributed by atoms with Gasteiger partial charge in [0.05, 0.1) is 5.02 Å². The summed E-state index contributed by atoms with van der Waals surface area (Å²) in [6, 6.07) is 1.40. The molecular weight excluding hydrogens is 264 g/mol. The van der Waals surface area contributed by atoms with E-state index in [4.69, 9.17) is 23.2 Å². The summed E-state index contributed by atoms with van der Waals surface area (Å²) in [5.41, 5.74) is 0.523. The summed E-state index contributed by atoms with van der Waals surface area (Å²) < 4.78 is 36.1. The lowest BCUT2D eigenvalue weighted by molar-refractivity contribution is -0.115. The lowest BCUT2D eigenvalue weighted by atomic mass is 10.2. The maximum absolute atomic E-state index is 12.0. The number of alkyl halides is 3. The molecule has 0 aliphatic heterocycles. The third kappa shape index (κ3) is 3.72. The van der Waals surface area contributed by atoms with Crippen LogP contribution in [0.3, 0.4) is 0 Å². The van der Waals surface area contributed by atoms with Gasteiger partial charge in [0.15, 0.2) is 0 Å². The Hall–Kier alpha value is -0.680. The van der Waals surface area contributed by atoms with Crippen molar-refractivity contribution in [2.24, 2.45) is 0 Å². The summed E-state index contributed by atoms with van der Waals surface area (Å²) in [6.45, 7) is 0.610. The Morgan fingerprint density at radius 1 is 1.38 bits per heavy atom. The molecule has 0 aliphatic carbocycles. The van der Waals surface area contributed by atoms with Gasteiger partial charge in [0, 0.05) is 5.56 Å². The molecule has 0 spiro atoms. The molecule has 0 amide bonds. The molecule has 1 aromatic rings. The first kappa shape index (κ1) is 13.4. The second-order valence-corrected chi connectivity index (χ2v) is 3.87. The number of hydrogen-bond acceptors (Lipinski definition) is 2. The van der Waals surface area contributed by atoms with Gasteiger partial charge >= 0.3 is 6.18 Å². The van der Waals surface area contributed by atoms with E-state index in [-0.39, 0.29) is 11.0 Å². The van der Waals surface area contributed by atoms with E-state index in [2.05, 4.69) is 10.3 Å². The van der Waals surface area contributed by atoms with Crippen LogP contribution in [0.2, 0.25) is 10.2 Å². The van der Waals surface area contributed by atoms with Crippen LogP contribution in [0.1, 0.15) is 12.5 Å². The first-order valence-electron chi connectivity index (χ1n) is 4.49. The molecule has 0 bridgehead atoms. The minimum absolute atomic E-state index is 0.0619. The van der Waals surface area contributed by atoms with Crippen molar-refractivity contribution in [1.82, 2.24) is 4.98 Å². The second-order valence-electron chi connectivity index (χ2n) is 3.08. The van der Waals surface area contributed by atoms with Crippen molar-refractivity contribution in [3.8, 4) is 0 Å². The summed E-state index contributed by atoms with van der Waals surface area (Å²) >= 11 is 11.5. The van der Waals surface area contributed by atoms with E-state index >= 15 is 0 Å². The van der Waals surface area contributed by atoms with E-state index < -0.39 is 12.7 Å². The molecular formula is C9H9Cl2F3N2. The van der Waals surface area contributed by atoms with Crippen LogP contribution in [0, 0.1) is 0 Å². The van der Waals surface area contributed by atoms with Crippen LogP contribution >= 0.6 is 23.2 Å². The lowest BCUT2D eigenvalue weighted by Gasteiger charge is -2.13. The molecule has 0 aliphatic rings. The van der Waals surface area contributed by atoms with Gasteiger partial charge in [0.2, 0.25) is 0 Å². The zero-order chi connectivity index (χ0) is 12.3. The molecule has 16 heavy (non-hydrogen) atoms. The van der Waals surface area contributed by atoms with E-state index in [1.165, 1.54) is 6.07 Å². The topological polar surface area (TPSA) is 24.9 Å². The highest BCUT2D eigenvalue weighted by Gasteiger charge is 2.27. The molecule has 2 nitrogen and oxygen atoms in total. The molecule has 0 fully saturated rings. The molecule has 7 heteroatoms. The van der Waals surface area contributed by atoms with Crippen LogP contribution in [-0.4, -0.2) is 17.7 Å². The van der Waals surface area contributed by atoms with Crippen molar-refractivity contribution in [2.75, 3.05) is 11.9 Å². The average molecular weight is 273 g/mol. The monoisotopic (exact) mass is 272 g/mol. The van der Waals surface area contributed by atoms with E-state index in [0.717, 1.165) is 0 Å². The maximum atomic E-state index is 12.0. The fourth-order valence-electron chi connectivity index (χ4n) is 1.18. The largest absolute Gasteiger partial charge is 0.405 e. The Balaban J connectivity index is 2.94. The molecule has 0 saturated carbocycles. The predicted molar refractivity (Wildman–Crippen MR) is 58.2 cm³/mol. The highest BCUT2D eigenvalue weighted by molar-refractivity contribution is 6.34. The molecule has 0 atom stereocenters. The third-order valence-corrected chi connectivity index (χ3v) is 2.38. The second kappa shape index (κ2) is 5.10. The number of anilines is 1. The number of hydrogen-bond donors (Lipinski definition) is 1. The molecule has 1 N–H and O–H groups in total. The number of aromatic nitrogens is 1. The van der Waals surface area contributed by atoms with Crippen LogP contribution in [0.4, 0.5) is 19.0 Å². The average Bonchev–Trinajstić information content (AvgIpc) is 2.12. The van der Waals surface area contributed by atoms with Crippen LogP contribution in [0.25, 0.3) is 0 Å². The van der Waals surface area contributed by atoms with Gasteiger partial charge in [-0.25, -0.2) is 4.98 Å². The van der Waals surface area contributed by atoms with Crippen molar-refractivity contribution in [3.05, 3.63) is 21.8 Å². The Bertz CT molecular complexity index is 380. The fourth-order valence-corrected chi connectivity index (χ4v) is 1.75. The van der Waals surface area contributed by atoms with Crippen molar-refractivity contribution < 1.29 is 13.2 Å². The molecule has 1 heterocycles. The summed E-state index contributed by atoms with van der Waals surface area (Å²) in [5.74, 6) is 0.0809. The number of pyridine rings is 1. The van der Waals surface area contributed by atoms with Gasteiger partial charge in [-0.05, 0) is 12.5 Å². The summed E-state index contributed by atoms with van der Waals surface area (Å²) in [6.07, 6.45) is -3.83. The van der Waals surface area contributed by atoms with E-state index in [9.17, 15) is 13.2 Å². The van der Waals surface area contributed by atoms with Crippen LogP contribution < -0.4 is 5.32 Å².